The van der Waals surface area contributed by atoms with Gasteiger partial charge in [-0.2, -0.15) is 5.10 Å². The summed E-state index contributed by atoms with van der Waals surface area (Å²) < 4.78 is 12.1. The van der Waals surface area contributed by atoms with E-state index in [0.29, 0.717) is 0 Å². The summed E-state index contributed by atoms with van der Waals surface area (Å²) in [5, 5.41) is 3.54. The monoisotopic (exact) mass is 112 g/mol. The second-order valence-corrected chi connectivity index (χ2v) is 1.29. The van der Waals surface area contributed by atoms with Gasteiger partial charge in [0.2, 0.25) is 0 Å². The van der Waals surface area contributed by atoms with E-state index in [2.05, 4.69) is 10.5 Å². The number of nitrogens with zero attached hydrogens (tertiary/aromatic N) is 1. The van der Waals surface area contributed by atoms with Gasteiger partial charge in [-0.25, -0.2) is 4.39 Å². The highest BCUT2D eigenvalue weighted by Crippen LogP contribution is 1.96. The topological polar surface area (TPSA) is 24.4 Å². The van der Waals surface area contributed by atoms with Crippen molar-refractivity contribution in [3.8, 4) is 0 Å². The maximum atomic E-state index is 12.1. The molecule has 3 heteroatoms. The lowest BCUT2D eigenvalue weighted by atomic mass is 10.5. The summed E-state index contributed by atoms with van der Waals surface area (Å²) in [5.41, 5.74) is 2.47. The van der Waals surface area contributed by atoms with Gasteiger partial charge in [-0.3, -0.25) is 5.43 Å². The molecule has 0 aromatic rings. The maximum Gasteiger partial charge on any atom is 0.126 e. The van der Waals surface area contributed by atoms with E-state index in [1.165, 1.54) is 24.6 Å². The zero-order valence-corrected chi connectivity index (χ0v) is 4.13. The number of allylic oxidation sites excluding steroid dienone is 3. The molecule has 0 saturated heterocycles. The van der Waals surface area contributed by atoms with Crippen LogP contribution < -0.4 is 5.43 Å². The van der Waals surface area contributed by atoms with Crippen LogP contribution in [0.2, 0.25) is 0 Å². The molecule has 8 heavy (non-hydrogen) atoms. The average molecular weight is 112 g/mol. The van der Waals surface area contributed by atoms with Crippen molar-refractivity contribution in [2.75, 3.05) is 0 Å². The Kier molecular flexibility index (Phi) is 1.42. The lowest BCUT2D eigenvalue weighted by molar-refractivity contribution is 0.668. The van der Waals surface area contributed by atoms with E-state index >= 15 is 0 Å². The van der Waals surface area contributed by atoms with Gasteiger partial charge in [0.15, 0.2) is 0 Å². The van der Waals surface area contributed by atoms with E-state index in [9.17, 15) is 4.39 Å². The van der Waals surface area contributed by atoms with Gasteiger partial charge < -0.3 is 0 Å². The summed E-state index contributed by atoms with van der Waals surface area (Å²) in [7, 11) is 0. The molecule has 0 aliphatic carbocycles. The average Bonchev–Trinajstić information content (AvgIpc) is 1.94. The number of nitrogens with one attached hydrogen (secondary N) is 1. The normalized spacial score (nSPS) is 16.9. The summed E-state index contributed by atoms with van der Waals surface area (Å²) in [4.78, 5) is 0. The highest BCUT2D eigenvalue weighted by atomic mass is 19.1. The van der Waals surface area contributed by atoms with Crippen LogP contribution >= 0.6 is 0 Å². The van der Waals surface area contributed by atoms with Gasteiger partial charge in [0, 0.05) is 6.20 Å². The minimum Gasteiger partial charge on any atom is -0.286 e. The Morgan fingerprint density at radius 2 is 2.50 bits per heavy atom. The third kappa shape index (κ3) is 1.18. The summed E-state index contributed by atoms with van der Waals surface area (Å²) in [6.45, 7) is 0. The van der Waals surface area contributed by atoms with E-state index < -0.39 is 0 Å². The van der Waals surface area contributed by atoms with Crippen LogP contribution in [0.15, 0.2) is 29.3 Å². The maximum absolute atomic E-state index is 12.1. The molecule has 0 aromatic heterocycles. The van der Waals surface area contributed by atoms with Crippen LogP contribution in [-0.2, 0) is 0 Å². The van der Waals surface area contributed by atoms with E-state index in [1.807, 2.05) is 0 Å². The van der Waals surface area contributed by atoms with Crippen molar-refractivity contribution in [1.82, 2.24) is 5.43 Å². The highest BCUT2D eigenvalue weighted by Gasteiger charge is 1.84. The second kappa shape index (κ2) is 2.26. The van der Waals surface area contributed by atoms with Gasteiger partial charge >= 0.3 is 0 Å². The Hall–Kier alpha value is -1.12. The molecule has 1 rings (SSSR count). The van der Waals surface area contributed by atoms with Crippen molar-refractivity contribution in [2.24, 2.45) is 5.10 Å². The molecule has 0 spiro atoms. The van der Waals surface area contributed by atoms with Gasteiger partial charge in [0.25, 0.3) is 0 Å². The Morgan fingerprint density at radius 1 is 1.62 bits per heavy atom. The molecule has 2 nitrogen and oxygen atoms in total. The minimum absolute atomic E-state index is 0.293. The molecule has 0 amide bonds. The number of hydrogen-bond donors (Lipinski definition) is 1. The van der Waals surface area contributed by atoms with E-state index in [1.54, 1.807) is 0 Å². The molecule has 0 aromatic carbocycles. The highest BCUT2D eigenvalue weighted by molar-refractivity contribution is 5.72. The molecular formula is C5H5FN2. The van der Waals surface area contributed by atoms with Crippen molar-refractivity contribution in [2.45, 2.75) is 0 Å². The quantitative estimate of drug-likeness (QED) is 0.495. The van der Waals surface area contributed by atoms with E-state index in [4.69, 9.17) is 0 Å². The molecule has 1 heterocycles. The number of hydrazone groups is 1. The van der Waals surface area contributed by atoms with Crippen molar-refractivity contribution >= 4 is 6.21 Å². The van der Waals surface area contributed by atoms with Crippen LogP contribution in [0.1, 0.15) is 0 Å². The molecule has 42 valence electrons. The fraction of sp³-hybridized carbons (Fsp3) is 0. The van der Waals surface area contributed by atoms with E-state index in [-0.39, 0.29) is 5.83 Å². The van der Waals surface area contributed by atoms with Gasteiger partial charge in [0.1, 0.15) is 5.83 Å². The predicted molar refractivity (Wildman–Crippen MR) is 30.0 cm³/mol. The van der Waals surface area contributed by atoms with E-state index in [0.717, 1.165) is 0 Å². The zero-order chi connectivity index (χ0) is 5.82. The summed E-state index contributed by atoms with van der Waals surface area (Å²) >= 11 is 0. The van der Waals surface area contributed by atoms with Crippen LogP contribution in [0.25, 0.3) is 0 Å². The molecule has 1 aliphatic rings. The fourth-order valence-electron chi connectivity index (χ4n) is 0.367. The molecule has 0 bridgehead atoms. The SMILES string of the molecule is FC1=CC=NNC=C1. The zero-order valence-electron chi connectivity index (χ0n) is 4.13. The third-order valence-electron chi connectivity index (χ3n) is 0.700. The van der Waals surface area contributed by atoms with Crippen LogP contribution in [0.3, 0.4) is 0 Å². The molecule has 0 saturated carbocycles. The van der Waals surface area contributed by atoms with Crippen molar-refractivity contribution < 1.29 is 4.39 Å². The van der Waals surface area contributed by atoms with Crippen LogP contribution in [0.4, 0.5) is 4.39 Å². The first kappa shape index (κ1) is 5.03. The molecule has 0 atom stereocenters. The Labute approximate surface area is 46.4 Å². The first-order chi connectivity index (χ1) is 3.89. The smallest absolute Gasteiger partial charge is 0.126 e. The lowest BCUT2D eigenvalue weighted by Gasteiger charge is -1.79. The van der Waals surface area contributed by atoms with Gasteiger partial charge in [-0.05, 0) is 12.2 Å². The molecule has 1 aliphatic heterocycles. The number of rotatable bonds is 0. The molecule has 1 N–H and O–H groups in total. The Bertz CT molecular complexity index is 158. The number of halogens is 1. The van der Waals surface area contributed by atoms with Crippen molar-refractivity contribution in [3.05, 3.63) is 24.2 Å². The Balaban J connectivity index is 2.73. The molecular weight excluding hydrogens is 107 g/mol. The van der Waals surface area contributed by atoms with Crippen LogP contribution in [0.5, 0.6) is 0 Å². The summed E-state index contributed by atoms with van der Waals surface area (Å²) in [6.07, 6.45) is 5.36. The molecule has 0 unspecified atom stereocenters. The third-order valence-corrected chi connectivity index (χ3v) is 0.700. The van der Waals surface area contributed by atoms with Crippen LogP contribution in [0, 0.1) is 0 Å². The first-order valence-corrected chi connectivity index (χ1v) is 2.20. The lowest BCUT2D eigenvalue weighted by Crippen LogP contribution is -1.89. The van der Waals surface area contributed by atoms with Crippen molar-refractivity contribution in [1.29, 1.82) is 0 Å². The van der Waals surface area contributed by atoms with Crippen molar-refractivity contribution in [3.63, 3.8) is 0 Å². The predicted octanol–water partition coefficient (Wildman–Crippen LogP) is 0.943. The fourth-order valence-corrected chi connectivity index (χ4v) is 0.367. The Morgan fingerprint density at radius 3 is 3.38 bits per heavy atom. The van der Waals surface area contributed by atoms with Gasteiger partial charge in [0.05, 0.1) is 6.21 Å². The summed E-state index contributed by atoms with van der Waals surface area (Å²) in [5.74, 6) is -0.293. The minimum atomic E-state index is -0.293. The number of hydrogen-bond acceptors (Lipinski definition) is 2. The molecule has 0 fully saturated rings. The van der Waals surface area contributed by atoms with Gasteiger partial charge in [-0.1, -0.05) is 0 Å². The first-order valence-electron chi connectivity index (χ1n) is 2.20. The second-order valence-electron chi connectivity index (χ2n) is 1.29. The largest absolute Gasteiger partial charge is 0.286 e. The van der Waals surface area contributed by atoms with Crippen LogP contribution in [-0.4, -0.2) is 6.21 Å². The summed E-state index contributed by atoms with van der Waals surface area (Å²) in [6, 6.07) is 0. The standard InChI is InChI=1S/C5H5FN2/c6-5-1-3-7-8-4-2-5/h1-4,7H. The van der Waals surface area contributed by atoms with Gasteiger partial charge in [-0.15, -0.1) is 0 Å². The molecule has 0 radical (unpaired) electrons.